The Bertz CT molecular complexity index is 1060. The zero-order valence-corrected chi connectivity index (χ0v) is 17.4. The zero-order valence-electron chi connectivity index (χ0n) is 14.8. The monoisotopic (exact) mass is 415 g/mol. The molecule has 0 saturated heterocycles. The lowest BCUT2D eigenvalue weighted by Crippen LogP contribution is -2.21. The molecule has 3 aromatic heterocycles. The quantitative estimate of drug-likeness (QED) is 0.333. The molecular formula is C19H22BrN3OSi. The molecule has 4 rings (SSSR count). The Balaban J connectivity index is 1.69. The first-order valence-corrected chi connectivity index (χ1v) is 13.0. The normalized spacial score (nSPS) is 12.6. The van der Waals surface area contributed by atoms with Gasteiger partial charge in [-0.15, -0.1) is 0 Å². The maximum atomic E-state index is 5.93. The molecule has 0 aliphatic heterocycles. The van der Waals surface area contributed by atoms with E-state index in [1.807, 2.05) is 6.20 Å². The third-order valence-corrected chi connectivity index (χ3v) is 6.68. The molecule has 1 aromatic carbocycles. The number of pyridine rings is 1. The van der Waals surface area contributed by atoms with E-state index in [-0.39, 0.29) is 0 Å². The van der Waals surface area contributed by atoms with E-state index >= 15 is 0 Å². The highest BCUT2D eigenvalue weighted by molar-refractivity contribution is 9.10. The van der Waals surface area contributed by atoms with Crippen molar-refractivity contribution in [2.24, 2.45) is 0 Å². The second kappa shape index (κ2) is 6.27. The molecule has 25 heavy (non-hydrogen) atoms. The number of rotatable bonds is 5. The SMILES string of the molecule is C[Si](C)(C)CCOCn1ccc2c3c(ccc21)[nH]c1cc(Br)cnc13. The zero-order chi connectivity index (χ0) is 17.6. The first-order valence-electron chi connectivity index (χ1n) is 8.55. The molecule has 0 fully saturated rings. The van der Waals surface area contributed by atoms with Gasteiger partial charge >= 0.3 is 0 Å². The minimum absolute atomic E-state index is 0.598. The van der Waals surface area contributed by atoms with Crippen molar-refractivity contribution in [3.63, 3.8) is 0 Å². The molecule has 0 radical (unpaired) electrons. The Kier molecular flexibility index (Phi) is 4.21. The van der Waals surface area contributed by atoms with Crippen molar-refractivity contribution in [1.82, 2.24) is 14.5 Å². The standard InChI is InChI=1S/C19H22BrN3OSi/c1-25(2,3)9-8-24-12-23-7-6-14-17(23)5-4-15-18(14)19-16(22-15)10-13(20)11-21-19/h4-7,10-11,22H,8-9,12H2,1-3H3. The molecule has 0 atom stereocenters. The lowest BCUT2D eigenvalue weighted by molar-refractivity contribution is 0.0902. The van der Waals surface area contributed by atoms with E-state index in [9.17, 15) is 0 Å². The summed E-state index contributed by atoms with van der Waals surface area (Å²) in [6.07, 6.45) is 3.96. The van der Waals surface area contributed by atoms with E-state index in [1.54, 1.807) is 0 Å². The Labute approximate surface area is 156 Å². The van der Waals surface area contributed by atoms with Crippen LogP contribution in [0.1, 0.15) is 0 Å². The van der Waals surface area contributed by atoms with Crippen LogP contribution in [-0.2, 0) is 11.5 Å². The van der Waals surface area contributed by atoms with Crippen molar-refractivity contribution in [2.45, 2.75) is 32.4 Å². The number of aromatic nitrogens is 3. The lowest BCUT2D eigenvalue weighted by Gasteiger charge is -2.15. The maximum Gasteiger partial charge on any atom is 0.122 e. The van der Waals surface area contributed by atoms with Gasteiger partial charge in [-0.05, 0) is 46.2 Å². The van der Waals surface area contributed by atoms with Crippen LogP contribution in [0.3, 0.4) is 0 Å². The molecule has 4 nitrogen and oxygen atoms in total. The van der Waals surface area contributed by atoms with E-state index in [0.717, 1.165) is 27.6 Å². The average molecular weight is 416 g/mol. The number of halogens is 1. The fourth-order valence-corrected chi connectivity index (χ4v) is 4.25. The number of H-pyrrole nitrogens is 1. The second-order valence-electron chi connectivity index (χ2n) is 7.73. The van der Waals surface area contributed by atoms with Crippen LogP contribution in [0.25, 0.3) is 32.8 Å². The third kappa shape index (κ3) is 3.26. The molecular weight excluding hydrogens is 394 g/mol. The molecule has 0 spiro atoms. The van der Waals surface area contributed by atoms with Crippen LogP contribution in [0.2, 0.25) is 25.7 Å². The molecule has 0 unspecified atom stereocenters. The predicted octanol–water partition coefficient (Wildman–Crippen LogP) is 5.75. The maximum absolute atomic E-state index is 5.93. The highest BCUT2D eigenvalue weighted by Crippen LogP contribution is 2.32. The number of ether oxygens (including phenoxy) is 1. The van der Waals surface area contributed by atoms with Gasteiger partial charge < -0.3 is 14.3 Å². The molecule has 4 aromatic rings. The van der Waals surface area contributed by atoms with Crippen LogP contribution in [-0.4, -0.2) is 29.2 Å². The molecule has 0 saturated carbocycles. The van der Waals surface area contributed by atoms with Gasteiger partial charge in [0.15, 0.2) is 0 Å². The fraction of sp³-hybridized carbons (Fsp3) is 0.316. The molecule has 0 aliphatic rings. The van der Waals surface area contributed by atoms with Gasteiger partial charge in [0.1, 0.15) is 6.73 Å². The van der Waals surface area contributed by atoms with Gasteiger partial charge in [-0.2, -0.15) is 0 Å². The summed E-state index contributed by atoms with van der Waals surface area (Å²) in [6, 6.07) is 9.72. The molecule has 0 aliphatic carbocycles. The number of nitrogens with one attached hydrogen (secondary N) is 1. The van der Waals surface area contributed by atoms with Crippen molar-refractivity contribution in [1.29, 1.82) is 0 Å². The largest absolute Gasteiger partial charge is 0.361 e. The predicted molar refractivity (Wildman–Crippen MR) is 111 cm³/mol. The number of aromatic amines is 1. The Morgan fingerprint density at radius 1 is 1.20 bits per heavy atom. The van der Waals surface area contributed by atoms with Crippen molar-refractivity contribution in [2.75, 3.05) is 6.61 Å². The van der Waals surface area contributed by atoms with Crippen molar-refractivity contribution < 1.29 is 4.74 Å². The number of hydrogen-bond donors (Lipinski definition) is 1. The smallest absolute Gasteiger partial charge is 0.122 e. The van der Waals surface area contributed by atoms with Gasteiger partial charge in [0.05, 0.1) is 16.6 Å². The van der Waals surface area contributed by atoms with Crippen LogP contribution < -0.4 is 0 Å². The molecule has 1 N–H and O–H groups in total. The number of benzene rings is 1. The minimum Gasteiger partial charge on any atom is -0.361 e. The van der Waals surface area contributed by atoms with Gasteiger partial charge in [-0.3, -0.25) is 4.98 Å². The Morgan fingerprint density at radius 2 is 2.04 bits per heavy atom. The second-order valence-corrected chi connectivity index (χ2v) is 14.3. The van der Waals surface area contributed by atoms with Crippen LogP contribution >= 0.6 is 15.9 Å². The molecule has 0 bridgehead atoms. The van der Waals surface area contributed by atoms with E-state index in [1.165, 1.54) is 22.3 Å². The van der Waals surface area contributed by atoms with Crippen molar-refractivity contribution in [3.05, 3.63) is 41.1 Å². The molecule has 3 heterocycles. The number of hydrogen-bond acceptors (Lipinski definition) is 2. The third-order valence-electron chi connectivity index (χ3n) is 4.54. The summed E-state index contributed by atoms with van der Waals surface area (Å²) in [5.74, 6) is 0. The molecule has 0 amide bonds. The van der Waals surface area contributed by atoms with Gasteiger partial charge in [0, 0.05) is 47.8 Å². The summed E-state index contributed by atoms with van der Waals surface area (Å²) in [7, 11) is -1.05. The Morgan fingerprint density at radius 3 is 2.84 bits per heavy atom. The van der Waals surface area contributed by atoms with E-state index in [0.29, 0.717) is 6.73 Å². The number of nitrogens with zero attached hydrogens (tertiary/aromatic N) is 2. The van der Waals surface area contributed by atoms with Gasteiger partial charge in [-0.1, -0.05) is 19.6 Å². The van der Waals surface area contributed by atoms with Crippen LogP contribution in [0.15, 0.2) is 41.1 Å². The fourth-order valence-electron chi connectivity index (χ4n) is 3.16. The van der Waals surface area contributed by atoms with Gasteiger partial charge in [0.25, 0.3) is 0 Å². The van der Waals surface area contributed by atoms with Gasteiger partial charge in [0.2, 0.25) is 0 Å². The Hall–Kier alpha value is -1.63. The highest BCUT2D eigenvalue weighted by atomic mass is 79.9. The topological polar surface area (TPSA) is 42.8 Å². The first kappa shape index (κ1) is 16.8. The summed E-state index contributed by atoms with van der Waals surface area (Å²) >= 11 is 3.49. The number of fused-ring (bicyclic) bond motifs is 5. The average Bonchev–Trinajstić information content (AvgIpc) is 3.10. The molecule has 6 heteroatoms. The lowest BCUT2D eigenvalue weighted by atomic mass is 10.1. The van der Waals surface area contributed by atoms with E-state index in [4.69, 9.17) is 4.74 Å². The first-order chi connectivity index (χ1) is 11.9. The summed E-state index contributed by atoms with van der Waals surface area (Å²) in [6.45, 7) is 8.56. The van der Waals surface area contributed by atoms with Crippen LogP contribution in [0.4, 0.5) is 0 Å². The summed E-state index contributed by atoms with van der Waals surface area (Å²) < 4.78 is 9.09. The van der Waals surface area contributed by atoms with Crippen LogP contribution in [0, 0.1) is 0 Å². The van der Waals surface area contributed by atoms with Crippen molar-refractivity contribution in [3.8, 4) is 0 Å². The minimum atomic E-state index is -1.05. The summed E-state index contributed by atoms with van der Waals surface area (Å²) in [5.41, 5.74) is 4.37. The summed E-state index contributed by atoms with van der Waals surface area (Å²) in [5, 5.41) is 2.40. The van der Waals surface area contributed by atoms with Crippen LogP contribution in [0.5, 0.6) is 0 Å². The summed E-state index contributed by atoms with van der Waals surface area (Å²) in [4.78, 5) is 8.08. The highest BCUT2D eigenvalue weighted by Gasteiger charge is 2.14. The van der Waals surface area contributed by atoms with Gasteiger partial charge in [-0.25, -0.2) is 0 Å². The van der Waals surface area contributed by atoms with Crippen molar-refractivity contribution >= 4 is 56.8 Å². The molecule has 130 valence electrons. The van der Waals surface area contributed by atoms with E-state index < -0.39 is 8.07 Å². The van der Waals surface area contributed by atoms with E-state index in [2.05, 4.69) is 80.6 Å².